The van der Waals surface area contributed by atoms with E-state index in [1.54, 1.807) is 18.2 Å². The molecule has 2 aromatic carbocycles. The second-order valence-electron chi connectivity index (χ2n) is 4.27. The van der Waals surface area contributed by atoms with Crippen LogP contribution in [0, 0.1) is 0 Å². The first-order valence-corrected chi connectivity index (χ1v) is 7.87. The van der Waals surface area contributed by atoms with Gasteiger partial charge in [0.15, 0.2) is 0 Å². The predicted octanol–water partition coefficient (Wildman–Crippen LogP) is 3.60. The molecule has 0 aliphatic heterocycles. The Balaban J connectivity index is 1.85. The molecule has 0 radical (unpaired) electrons. The van der Waals surface area contributed by atoms with Gasteiger partial charge in [-0.25, -0.2) is 0 Å². The molecule has 0 atom stereocenters. The van der Waals surface area contributed by atoms with Gasteiger partial charge in [0, 0.05) is 8.95 Å². The molecule has 0 aliphatic rings. The van der Waals surface area contributed by atoms with E-state index in [1.165, 1.54) is 0 Å². The lowest BCUT2D eigenvalue weighted by Crippen LogP contribution is -2.28. The zero-order valence-electron chi connectivity index (χ0n) is 11.1. The maximum atomic E-state index is 12.1. The van der Waals surface area contributed by atoms with Crippen LogP contribution >= 0.6 is 31.9 Å². The quantitative estimate of drug-likeness (QED) is 0.581. The monoisotopic (exact) mass is 412 g/mol. The van der Waals surface area contributed by atoms with Crippen LogP contribution in [-0.2, 0) is 0 Å². The maximum Gasteiger partial charge on any atom is 0.252 e. The van der Waals surface area contributed by atoms with Crippen LogP contribution in [0.4, 0.5) is 5.69 Å². The van der Waals surface area contributed by atoms with E-state index >= 15 is 0 Å². The lowest BCUT2D eigenvalue weighted by Gasteiger charge is -2.10. The third-order valence-corrected chi connectivity index (χ3v) is 3.92. The van der Waals surface area contributed by atoms with Crippen molar-refractivity contribution in [3.05, 3.63) is 57.0 Å². The van der Waals surface area contributed by atoms with Crippen LogP contribution in [0.1, 0.15) is 10.4 Å². The summed E-state index contributed by atoms with van der Waals surface area (Å²) in [6.45, 7) is 0.748. The molecule has 0 heterocycles. The summed E-state index contributed by atoms with van der Waals surface area (Å²) >= 11 is 6.70. The van der Waals surface area contributed by atoms with Crippen molar-refractivity contribution >= 4 is 43.5 Å². The summed E-state index contributed by atoms with van der Waals surface area (Å²) in [7, 11) is 0. The first-order chi connectivity index (χ1) is 10.1. The molecule has 0 aromatic heterocycles. The van der Waals surface area contributed by atoms with E-state index in [0.29, 0.717) is 30.2 Å². The van der Waals surface area contributed by atoms with Crippen LogP contribution < -0.4 is 15.8 Å². The van der Waals surface area contributed by atoms with Crippen molar-refractivity contribution in [2.75, 3.05) is 18.9 Å². The number of nitrogens with two attached hydrogens (primary N) is 1. The maximum absolute atomic E-state index is 12.1. The summed E-state index contributed by atoms with van der Waals surface area (Å²) in [5.74, 6) is 0.461. The Labute approximate surface area is 139 Å². The van der Waals surface area contributed by atoms with Gasteiger partial charge in [-0.2, -0.15) is 0 Å². The van der Waals surface area contributed by atoms with Gasteiger partial charge in [-0.15, -0.1) is 0 Å². The molecule has 3 N–H and O–H groups in total. The first-order valence-electron chi connectivity index (χ1n) is 6.28. The second kappa shape index (κ2) is 7.47. The molecule has 1 amide bonds. The summed E-state index contributed by atoms with van der Waals surface area (Å²) in [6.07, 6.45) is 0. The van der Waals surface area contributed by atoms with Crippen molar-refractivity contribution < 1.29 is 9.53 Å². The molecular weight excluding hydrogens is 400 g/mol. The Kier molecular flexibility index (Phi) is 5.64. The standard InChI is InChI=1S/C15H14Br2N2O2/c16-10-5-6-12(17)11(9-10)15(20)19-7-8-21-14-4-2-1-3-13(14)18/h1-6,9H,7-8,18H2,(H,19,20). The molecule has 0 unspecified atom stereocenters. The van der Waals surface area contributed by atoms with E-state index in [9.17, 15) is 4.79 Å². The summed E-state index contributed by atoms with van der Waals surface area (Å²) in [5.41, 5.74) is 6.92. The Hall–Kier alpha value is -1.53. The normalized spacial score (nSPS) is 10.2. The minimum absolute atomic E-state index is 0.159. The van der Waals surface area contributed by atoms with Crippen molar-refractivity contribution in [1.29, 1.82) is 0 Å². The van der Waals surface area contributed by atoms with E-state index in [1.807, 2.05) is 24.3 Å². The predicted molar refractivity (Wildman–Crippen MR) is 90.5 cm³/mol. The Morgan fingerprint density at radius 2 is 1.95 bits per heavy atom. The lowest BCUT2D eigenvalue weighted by atomic mass is 10.2. The average Bonchev–Trinajstić information content (AvgIpc) is 2.47. The minimum atomic E-state index is -0.159. The van der Waals surface area contributed by atoms with Gasteiger partial charge in [-0.3, -0.25) is 4.79 Å². The molecule has 0 saturated heterocycles. The number of anilines is 1. The fraction of sp³-hybridized carbons (Fsp3) is 0.133. The summed E-state index contributed by atoms with van der Waals surface area (Å²) in [4.78, 5) is 12.1. The zero-order chi connectivity index (χ0) is 15.2. The SMILES string of the molecule is Nc1ccccc1OCCNC(=O)c1cc(Br)ccc1Br. The number of nitrogen functional groups attached to an aromatic ring is 1. The Morgan fingerprint density at radius 3 is 2.71 bits per heavy atom. The first kappa shape index (κ1) is 15.9. The fourth-order valence-corrected chi connectivity index (χ4v) is 2.49. The number of nitrogens with one attached hydrogen (secondary N) is 1. The average molecular weight is 414 g/mol. The molecule has 0 saturated carbocycles. The number of carbonyl (C=O) groups is 1. The smallest absolute Gasteiger partial charge is 0.252 e. The van der Waals surface area contributed by atoms with Crippen LogP contribution in [-0.4, -0.2) is 19.1 Å². The molecule has 21 heavy (non-hydrogen) atoms. The van der Waals surface area contributed by atoms with Gasteiger partial charge < -0.3 is 15.8 Å². The van der Waals surface area contributed by atoms with Gasteiger partial charge in [0.25, 0.3) is 5.91 Å². The van der Waals surface area contributed by atoms with Crippen molar-refractivity contribution in [2.45, 2.75) is 0 Å². The van der Waals surface area contributed by atoms with Gasteiger partial charge in [-0.05, 0) is 46.3 Å². The molecule has 0 fully saturated rings. The van der Waals surface area contributed by atoms with Crippen LogP contribution in [0.15, 0.2) is 51.4 Å². The third kappa shape index (κ3) is 4.47. The molecule has 6 heteroatoms. The summed E-state index contributed by atoms with van der Waals surface area (Å²) in [5, 5.41) is 2.80. The van der Waals surface area contributed by atoms with Gasteiger partial charge in [-0.1, -0.05) is 28.1 Å². The van der Waals surface area contributed by atoms with E-state index in [-0.39, 0.29) is 5.91 Å². The second-order valence-corrected chi connectivity index (χ2v) is 6.04. The molecule has 2 rings (SSSR count). The molecule has 4 nitrogen and oxygen atoms in total. The highest BCUT2D eigenvalue weighted by molar-refractivity contribution is 9.11. The number of para-hydroxylation sites is 2. The van der Waals surface area contributed by atoms with Gasteiger partial charge in [0.2, 0.25) is 0 Å². The minimum Gasteiger partial charge on any atom is -0.490 e. The van der Waals surface area contributed by atoms with Gasteiger partial charge in [0.05, 0.1) is 17.8 Å². The molecule has 2 aromatic rings. The van der Waals surface area contributed by atoms with E-state index < -0.39 is 0 Å². The fourth-order valence-electron chi connectivity index (χ4n) is 1.70. The highest BCUT2D eigenvalue weighted by Gasteiger charge is 2.10. The summed E-state index contributed by atoms with van der Waals surface area (Å²) in [6, 6.07) is 12.7. The van der Waals surface area contributed by atoms with E-state index in [0.717, 1.165) is 8.95 Å². The lowest BCUT2D eigenvalue weighted by molar-refractivity contribution is 0.0946. The number of ether oxygens (including phenoxy) is 1. The number of halogens is 2. The number of hydrogen-bond acceptors (Lipinski definition) is 3. The Bertz CT molecular complexity index is 647. The van der Waals surface area contributed by atoms with Crippen molar-refractivity contribution in [3.63, 3.8) is 0 Å². The number of benzene rings is 2. The van der Waals surface area contributed by atoms with Crippen molar-refractivity contribution in [1.82, 2.24) is 5.32 Å². The number of amides is 1. The number of rotatable bonds is 5. The molecular formula is C15H14Br2N2O2. The van der Waals surface area contributed by atoms with Crippen LogP contribution in [0.2, 0.25) is 0 Å². The molecule has 110 valence electrons. The molecule has 0 bridgehead atoms. The topological polar surface area (TPSA) is 64.3 Å². The molecule has 0 spiro atoms. The highest BCUT2D eigenvalue weighted by atomic mass is 79.9. The van der Waals surface area contributed by atoms with Crippen molar-refractivity contribution in [2.24, 2.45) is 0 Å². The number of hydrogen-bond donors (Lipinski definition) is 2. The summed E-state index contributed by atoms with van der Waals surface area (Å²) < 4.78 is 7.11. The van der Waals surface area contributed by atoms with Gasteiger partial charge >= 0.3 is 0 Å². The van der Waals surface area contributed by atoms with Crippen LogP contribution in [0.25, 0.3) is 0 Å². The third-order valence-electron chi connectivity index (χ3n) is 2.74. The highest BCUT2D eigenvalue weighted by Crippen LogP contribution is 2.21. The number of carbonyl (C=O) groups excluding carboxylic acids is 1. The zero-order valence-corrected chi connectivity index (χ0v) is 14.3. The van der Waals surface area contributed by atoms with Crippen LogP contribution in [0.3, 0.4) is 0 Å². The van der Waals surface area contributed by atoms with Crippen LogP contribution in [0.5, 0.6) is 5.75 Å². The largest absolute Gasteiger partial charge is 0.490 e. The van der Waals surface area contributed by atoms with E-state index in [2.05, 4.69) is 37.2 Å². The molecule has 0 aliphatic carbocycles. The van der Waals surface area contributed by atoms with Crippen molar-refractivity contribution in [3.8, 4) is 5.75 Å². The Morgan fingerprint density at radius 1 is 1.19 bits per heavy atom. The van der Waals surface area contributed by atoms with E-state index in [4.69, 9.17) is 10.5 Å². The van der Waals surface area contributed by atoms with Gasteiger partial charge in [0.1, 0.15) is 12.4 Å².